The molecule has 0 amide bonds. The molecule has 0 aliphatic heterocycles. The van der Waals surface area contributed by atoms with Gasteiger partial charge in [-0.3, -0.25) is 23.4 Å². The van der Waals surface area contributed by atoms with Gasteiger partial charge in [0.05, 0.1) is 0 Å². The number of rotatable bonds is 0. The van der Waals surface area contributed by atoms with E-state index in [1.807, 2.05) is 0 Å². The third-order valence-corrected chi connectivity index (χ3v) is 0.467. The van der Waals surface area contributed by atoms with Gasteiger partial charge in [0.1, 0.15) is 5.17 Å². The van der Waals surface area contributed by atoms with E-state index in [-0.39, 0.29) is 25.6 Å². The van der Waals surface area contributed by atoms with E-state index >= 15 is 0 Å². The van der Waals surface area contributed by atoms with Crippen molar-refractivity contribution in [2.75, 3.05) is 0 Å². The summed E-state index contributed by atoms with van der Waals surface area (Å²) in [5.74, 6) is 0. The molecular weight excluding hydrogens is 537 g/mol. The maximum absolute atomic E-state index is 6.42. The summed E-state index contributed by atoms with van der Waals surface area (Å²) >= 11 is 0.991. The minimum atomic E-state index is 0. The number of nitrogens with two attached hydrogens (primary N) is 1. The molecule has 2 nitrogen and oxygen atoms in total. The number of hydrogen-bond donors (Lipinski definition) is 2. The minimum absolute atomic E-state index is 0. The summed E-state index contributed by atoms with van der Waals surface area (Å²) < 4.78 is 0. The van der Waals surface area contributed by atoms with Crippen LogP contribution in [0.5, 0.6) is 0 Å². The van der Waals surface area contributed by atoms with Gasteiger partial charge in [0.25, 0.3) is 0 Å². The topological polar surface area (TPSA) is 49.9 Å². The normalized spacial score (nSPS) is 5.29. The van der Waals surface area contributed by atoms with E-state index in [9.17, 15) is 0 Å². The van der Waals surface area contributed by atoms with E-state index < -0.39 is 0 Å². The molecule has 0 saturated carbocycles. The Morgan fingerprint density at radius 2 is 1.86 bits per heavy atom. The van der Waals surface area contributed by atoms with E-state index in [0.29, 0.717) is 0 Å². The van der Waals surface area contributed by atoms with Crippen LogP contribution in [0.15, 0.2) is 0 Å². The fourth-order valence-corrected chi connectivity index (χ4v) is 0. The Labute approximate surface area is 55.0 Å². The van der Waals surface area contributed by atoms with Gasteiger partial charge >= 0.3 is 0 Å². The predicted octanol–water partition coefficient (Wildman–Crippen LogP) is 0.402. The molecule has 39 valence electrons. The molecule has 0 aromatic heterocycles. The van der Waals surface area contributed by atoms with Crippen LogP contribution in [-0.2, 0) is 20.4 Å². The summed E-state index contributed by atoms with van der Waals surface area (Å²) in [6.07, 6.45) is 3.25. The van der Waals surface area contributed by atoms with E-state index in [0.717, 1.165) is 11.8 Å². The van der Waals surface area contributed by atoms with Crippen molar-refractivity contribution in [2.24, 2.45) is 5.73 Å². The van der Waals surface area contributed by atoms with Crippen LogP contribution in [0.3, 0.4) is 0 Å². The molecule has 7 heavy (non-hydrogen) atoms. The molecule has 3 N–H and O–H groups in total. The molecule has 0 aliphatic rings. The zero-order valence-corrected chi connectivity index (χ0v) is 13.7. The van der Waals surface area contributed by atoms with Crippen LogP contribution in [0.4, 0.5) is 0 Å². The zero-order valence-electron chi connectivity index (χ0n) is 3.78. The molecule has 0 heterocycles. The second kappa shape index (κ2) is 9.08. The van der Waals surface area contributed by atoms with Gasteiger partial charge in [0, 0.05) is 20.4 Å². The summed E-state index contributed by atoms with van der Waals surface area (Å²) in [7, 11) is 0. The van der Waals surface area contributed by atoms with E-state index in [1.165, 1.54) is 0 Å². The molecule has 0 aromatic carbocycles. The molecule has 0 saturated heterocycles. The predicted molar refractivity (Wildman–Crippen MR) is 24.9 cm³/mol. The van der Waals surface area contributed by atoms with Gasteiger partial charge in [0.2, 0.25) is 0 Å². The fraction of sp³-hybridized carbons (Fsp3) is 0. The fourth-order valence-electron chi connectivity index (χ4n) is 0. The molecular formula is C2H5N2ReRfS-. The number of nitrogens with one attached hydrogen (secondary N) is 1. The summed E-state index contributed by atoms with van der Waals surface area (Å²) in [6.45, 7) is 0. The van der Waals surface area contributed by atoms with Gasteiger partial charge in [-0.15, -0.1) is 0 Å². The summed E-state index contributed by atoms with van der Waals surface area (Å²) in [6, 6.07) is 0. The summed E-state index contributed by atoms with van der Waals surface area (Å²) in [5, 5.41) is 6.48. The molecule has 0 atom stereocenters. The van der Waals surface area contributed by atoms with Crippen LogP contribution in [0.1, 0.15) is 0 Å². The monoisotopic (exact) mass is 543 g/mol. The van der Waals surface area contributed by atoms with Gasteiger partial charge in [-0.2, -0.15) is 0 Å². The third kappa shape index (κ3) is 30.3. The van der Waals surface area contributed by atoms with Crippen LogP contribution in [0, 0.1) is 11.7 Å². The maximum atomic E-state index is 6.42. The largest absolute Gasteiger partial charge is 0.381 e. The van der Waals surface area contributed by atoms with Crippen LogP contribution in [0.25, 0.3) is 0 Å². The molecule has 0 fully saturated rings. The van der Waals surface area contributed by atoms with Crippen LogP contribution in [-0.4, -0.2) is 5.17 Å². The Kier molecular flexibility index (Phi) is 20.8. The zero-order chi connectivity index (χ0) is 4.28. The Balaban J connectivity index is -0.0000000800. The van der Waals surface area contributed by atoms with Crippen molar-refractivity contribution < 1.29 is 20.4 Å². The van der Waals surface area contributed by atoms with E-state index in [2.05, 4.69) is 6.26 Å². The van der Waals surface area contributed by atoms with Crippen molar-refractivity contribution in [3.05, 3.63) is 6.26 Å². The van der Waals surface area contributed by atoms with Crippen LogP contribution < -0.4 is 5.73 Å². The SMILES string of the molecule is [CH2-]SC(=N)N.[Re].[Rf]. The first-order chi connectivity index (χ1) is 2.27. The first kappa shape index (κ1) is 16.1. The number of hydrogen-bond acceptors (Lipinski definition) is 2. The molecule has 0 aliphatic carbocycles. The average molecular weight is 542 g/mol. The molecule has 0 bridgehead atoms. The quantitative estimate of drug-likeness (QED) is 0.265. The van der Waals surface area contributed by atoms with Gasteiger partial charge in [-0.05, 0) is 0 Å². The van der Waals surface area contributed by atoms with Crippen molar-refractivity contribution in [1.29, 1.82) is 5.41 Å². The average Bonchev–Trinajstić information content (AvgIpc) is 1.38. The maximum Gasteiger partial charge on any atom is 0.118 e. The van der Waals surface area contributed by atoms with Gasteiger partial charge in [0.15, 0.2) is 0 Å². The Bertz CT molecular complexity index is 51.0. The third-order valence-electron chi connectivity index (χ3n) is 0.156. The molecule has 0 aromatic rings. The van der Waals surface area contributed by atoms with E-state index in [1.54, 1.807) is 0 Å². The van der Waals surface area contributed by atoms with Crippen molar-refractivity contribution >= 4 is 16.9 Å². The van der Waals surface area contributed by atoms with Crippen molar-refractivity contribution in [1.82, 2.24) is 0 Å². The number of amidine groups is 1. The van der Waals surface area contributed by atoms with Crippen molar-refractivity contribution in [3.8, 4) is 0 Å². The molecule has 0 rings (SSSR count). The molecule has 1 radical (unpaired) electrons. The van der Waals surface area contributed by atoms with Gasteiger partial charge in [-0.1, -0.05) is 0 Å². The summed E-state index contributed by atoms with van der Waals surface area (Å²) in [5.41, 5.74) is 4.78. The molecule has 0 spiro atoms. The van der Waals surface area contributed by atoms with Gasteiger partial charge in [-0.25, -0.2) is 0 Å². The Hall–Kier alpha value is -0.518. The van der Waals surface area contributed by atoms with Gasteiger partial charge < -0.3 is 5.73 Å². The van der Waals surface area contributed by atoms with E-state index in [4.69, 9.17) is 11.1 Å². The summed E-state index contributed by atoms with van der Waals surface area (Å²) in [4.78, 5) is 0. The Morgan fingerprint density at radius 1 is 1.71 bits per heavy atom. The van der Waals surface area contributed by atoms with Crippen LogP contribution in [0.2, 0.25) is 0 Å². The number of thioether (sulfide) groups is 1. The smallest absolute Gasteiger partial charge is 0.118 e. The first-order valence-electron chi connectivity index (χ1n) is 1.03. The van der Waals surface area contributed by atoms with Crippen molar-refractivity contribution in [2.45, 2.75) is 0 Å². The second-order valence-electron chi connectivity index (χ2n) is 0.509. The standard InChI is InChI=1S/C2H5N2S.Re.Rf/c1-5-2(3)4;;/h1H2,(H3,3,4);;/q-1;;. The first-order valence-corrected chi connectivity index (χ1v) is 2.02. The second-order valence-corrected chi connectivity index (χ2v) is 1.24. The van der Waals surface area contributed by atoms with Crippen LogP contribution >= 0.6 is 11.8 Å². The Morgan fingerprint density at radius 3 is 1.86 bits per heavy atom. The minimum Gasteiger partial charge on any atom is -0.381 e. The van der Waals surface area contributed by atoms with Crippen molar-refractivity contribution in [3.63, 3.8) is 0 Å². The molecule has 5 heteroatoms. The molecule has 0 unspecified atom stereocenters.